The molecule has 0 atom stereocenters. The number of nitro benzene ring substituents is 1. The molecule has 0 bridgehead atoms. The maximum Gasteiger partial charge on any atom is 0.269 e. The second-order valence-electron chi connectivity index (χ2n) is 7.34. The molecule has 166 valence electrons. The quantitative estimate of drug-likeness (QED) is 0.201. The first-order valence-electron chi connectivity index (χ1n) is 9.93. The molecule has 0 aliphatic rings. The van der Waals surface area contributed by atoms with Crippen molar-refractivity contribution in [3.8, 4) is 11.8 Å². The van der Waals surface area contributed by atoms with E-state index in [-0.39, 0.29) is 17.9 Å². The molecule has 7 nitrogen and oxygen atoms in total. The van der Waals surface area contributed by atoms with Gasteiger partial charge in [-0.3, -0.25) is 14.9 Å². The number of rotatable bonds is 7. The van der Waals surface area contributed by atoms with Crippen LogP contribution in [0.2, 0.25) is 5.02 Å². The average Bonchev–Trinajstić information content (AvgIpc) is 2.78. The van der Waals surface area contributed by atoms with Gasteiger partial charge < -0.3 is 10.1 Å². The summed E-state index contributed by atoms with van der Waals surface area (Å²) in [5.74, 6) is -0.188. The molecule has 0 aliphatic heterocycles. The zero-order chi connectivity index (χ0) is 24.0. The second kappa shape index (κ2) is 10.4. The number of aryl methyl sites for hydroxylation is 2. The molecule has 3 aromatic carbocycles. The summed E-state index contributed by atoms with van der Waals surface area (Å²) in [7, 11) is 0. The lowest BCUT2D eigenvalue weighted by atomic mass is 10.1. The van der Waals surface area contributed by atoms with Gasteiger partial charge in [-0.25, -0.2) is 0 Å². The van der Waals surface area contributed by atoms with Gasteiger partial charge in [-0.05, 0) is 55.3 Å². The average molecular weight is 462 g/mol. The van der Waals surface area contributed by atoms with Gasteiger partial charge in [0.2, 0.25) is 0 Å². The van der Waals surface area contributed by atoms with Crippen molar-refractivity contribution in [3.63, 3.8) is 0 Å². The van der Waals surface area contributed by atoms with E-state index in [1.54, 1.807) is 36.4 Å². The first kappa shape index (κ1) is 23.5. The number of nitrogens with one attached hydrogen (secondary N) is 1. The molecule has 0 fully saturated rings. The topological polar surface area (TPSA) is 105 Å². The van der Waals surface area contributed by atoms with Crippen LogP contribution >= 0.6 is 11.6 Å². The third-order valence-electron chi connectivity index (χ3n) is 4.78. The van der Waals surface area contributed by atoms with Crippen molar-refractivity contribution < 1.29 is 14.5 Å². The number of nitrogens with zero attached hydrogens (tertiary/aromatic N) is 2. The number of nitriles is 1. The van der Waals surface area contributed by atoms with Crippen LogP contribution in [0, 0.1) is 35.3 Å². The van der Waals surface area contributed by atoms with E-state index in [2.05, 4.69) is 5.32 Å². The third kappa shape index (κ3) is 6.19. The van der Waals surface area contributed by atoms with Crippen LogP contribution in [0.4, 0.5) is 11.4 Å². The monoisotopic (exact) mass is 461 g/mol. The smallest absolute Gasteiger partial charge is 0.269 e. The summed E-state index contributed by atoms with van der Waals surface area (Å²) in [6.45, 7) is 3.88. The molecule has 0 spiro atoms. The molecule has 3 aromatic rings. The number of benzene rings is 3. The van der Waals surface area contributed by atoms with Crippen molar-refractivity contribution in [3.05, 3.63) is 104 Å². The van der Waals surface area contributed by atoms with E-state index in [9.17, 15) is 20.2 Å². The highest BCUT2D eigenvalue weighted by molar-refractivity contribution is 6.30. The Morgan fingerprint density at radius 1 is 1.18 bits per heavy atom. The maximum absolute atomic E-state index is 12.7. The molecule has 3 rings (SSSR count). The number of nitro groups is 1. The Balaban J connectivity index is 1.84. The molecule has 0 unspecified atom stereocenters. The van der Waals surface area contributed by atoms with Gasteiger partial charge in [-0.15, -0.1) is 0 Å². The molecule has 0 saturated carbocycles. The summed E-state index contributed by atoms with van der Waals surface area (Å²) < 4.78 is 5.82. The summed E-state index contributed by atoms with van der Waals surface area (Å²) in [6, 6.07) is 18.4. The number of carbonyl (C=O) groups excluding carboxylic acids is 1. The zero-order valence-electron chi connectivity index (χ0n) is 18.0. The lowest BCUT2D eigenvalue weighted by Crippen LogP contribution is -2.14. The fraction of sp³-hybridized carbons (Fsp3) is 0.120. The molecule has 0 saturated heterocycles. The van der Waals surface area contributed by atoms with Gasteiger partial charge in [0.1, 0.15) is 24.0 Å². The first-order valence-corrected chi connectivity index (χ1v) is 10.3. The molecule has 33 heavy (non-hydrogen) atoms. The van der Waals surface area contributed by atoms with E-state index in [1.165, 1.54) is 18.2 Å². The Morgan fingerprint density at radius 2 is 1.97 bits per heavy atom. The number of hydrogen-bond donors (Lipinski definition) is 1. The minimum Gasteiger partial charge on any atom is -0.488 e. The molecular weight excluding hydrogens is 442 g/mol. The highest BCUT2D eigenvalue weighted by Gasteiger charge is 2.14. The summed E-state index contributed by atoms with van der Waals surface area (Å²) in [5.41, 5.74) is 3.41. The van der Waals surface area contributed by atoms with Crippen LogP contribution in [0.3, 0.4) is 0 Å². The number of anilines is 1. The Labute approximate surface area is 196 Å². The van der Waals surface area contributed by atoms with E-state index in [1.807, 2.05) is 32.0 Å². The van der Waals surface area contributed by atoms with Crippen molar-refractivity contribution in [2.24, 2.45) is 0 Å². The maximum atomic E-state index is 12.7. The van der Waals surface area contributed by atoms with Crippen LogP contribution in [0.25, 0.3) is 6.08 Å². The van der Waals surface area contributed by atoms with Gasteiger partial charge in [0.15, 0.2) is 0 Å². The summed E-state index contributed by atoms with van der Waals surface area (Å²) in [5, 5.41) is 23.7. The summed E-state index contributed by atoms with van der Waals surface area (Å²) >= 11 is 6.12. The predicted octanol–water partition coefficient (Wildman–Crippen LogP) is 5.99. The van der Waals surface area contributed by atoms with Crippen molar-refractivity contribution >= 4 is 35.0 Å². The van der Waals surface area contributed by atoms with Crippen LogP contribution in [-0.4, -0.2) is 10.8 Å². The molecule has 0 aromatic heterocycles. The van der Waals surface area contributed by atoms with E-state index in [0.717, 1.165) is 11.1 Å². The highest BCUT2D eigenvalue weighted by atomic mass is 35.5. The van der Waals surface area contributed by atoms with Crippen LogP contribution in [0.5, 0.6) is 5.75 Å². The molecule has 0 radical (unpaired) electrons. The van der Waals surface area contributed by atoms with E-state index in [0.29, 0.717) is 27.6 Å². The fourth-order valence-corrected chi connectivity index (χ4v) is 3.31. The first-order chi connectivity index (χ1) is 15.8. The Bertz CT molecular complexity index is 1300. The highest BCUT2D eigenvalue weighted by Crippen LogP contribution is 2.27. The van der Waals surface area contributed by atoms with E-state index in [4.69, 9.17) is 16.3 Å². The van der Waals surface area contributed by atoms with E-state index < -0.39 is 10.8 Å². The Hall–Kier alpha value is -4.15. The minimum absolute atomic E-state index is 0.0397. The minimum atomic E-state index is -0.561. The summed E-state index contributed by atoms with van der Waals surface area (Å²) in [4.78, 5) is 23.2. The Kier molecular flexibility index (Phi) is 7.44. The van der Waals surface area contributed by atoms with Crippen molar-refractivity contribution in [1.29, 1.82) is 5.26 Å². The molecule has 0 heterocycles. The van der Waals surface area contributed by atoms with Gasteiger partial charge >= 0.3 is 0 Å². The molecule has 0 aliphatic carbocycles. The van der Waals surface area contributed by atoms with E-state index >= 15 is 0 Å². The summed E-state index contributed by atoms with van der Waals surface area (Å²) in [6.07, 6.45) is 1.40. The standard InChI is InChI=1S/C25H20ClN3O4/c1-16-6-8-23(17(2)10-16)28-25(30)20(14-27)12-19-13-21(26)7-9-24(19)33-15-18-4-3-5-22(11-18)29(31)32/h3-13H,15H2,1-2H3,(H,28,30)/b20-12+. The lowest BCUT2D eigenvalue weighted by Gasteiger charge is -2.11. The normalized spacial score (nSPS) is 10.9. The van der Waals surface area contributed by atoms with Crippen LogP contribution in [0.15, 0.2) is 66.2 Å². The second-order valence-corrected chi connectivity index (χ2v) is 7.78. The lowest BCUT2D eigenvalue weighted by molar-refractivity contribution is -0.384. The van der Waals surface area contributed by atoms with Gasteiger partial charge in [0.05, 0.1) is 4.92 Å². The van der Waals surface area contributed by atoms with Crippen molar-refractivity contribution in [2.45, 2.75) is 20.5 Å². The number of hydrogen-bond acceptors (Lipinski definition) is 5. The number of non-ortho nitro benzene ring substituents is 1. The number of halogens is 1. The van der Waals surface area contributed by atoms with Gasteiger partial charge in [0.25, 0.3) is 11.6 Å². The third-order valence-corrected chi connectivity index (χ3v) is 5.02. The number of amides is 1. The molecule has 1 amide bonds. The number of carbonyl (C=O) groups is 1. The van der Waals surface area contributed by atoms with Crippen LogP contribution in [-0.2, 0) is 11.4 Å². The molecule has 8 heteroatoms. The number of ether oxygens (including phenoxy) is 1. The molecular formula is C25H20ClN3O4. The SMILES string of the molecule is Cc1ccc(NC(=O)/C(C#N)=C/c2cc(Cl)ccc2OCc2cccc([N+](=O)[O-])c2)c(C)c1. The molecule has 1 N–H and O–H groups in total. The Morgan fingerprint density at radius 3 is 2.67 bits per heavy atom. The fourth-order valence-electron chi connectivity index (χ4n) is 3.13. The van der Waals surface area contributed by atoms with Crippen LogP contribution in [0.1, 0.15) is 22.3 Å². The zero-order valence-corrected chi connectivity index (χ0v) is 18.7. The largest absolute Gasteiger partial charge is 0.488 e. The van der Waals surface area contributed by atoms with Gasteiger partial charge in [-0.2, -0.15) is 5.26 Å². The van der Waals surface area contributed by atoms with Gasteiger partial charge in [0, 0.05) is 28.4 Å². The van der Waals surface area contributed by atoms with Crippen molar-refractivity contribution in [2.75, 3.05) is 5.32 Å². The predicted molar refractivity (Wildman–Crippen MR) is 127 cm³/mol. The van der Waals surface area contributed by atoms with Gasteiger partial charge in [-0.1, -0.05) is 41.4 Å². The van der Waals surface area contributed by atoms with Crippen LogP contribution < -0.4 is 10.1 Å². The van der Waals surface area contributed by atoms with Crippen molar-refractivity contribution in [1.82, 2.24) is 0 Å².